The van der Waals surface area contributed by atoms with Gasteiger partial charge in [-0.25, -0.2) is 0 Å². The van der Waals surface area contributed by atoms with Crippen LogP contribution in [-0.4, -0.2) is 28.4 Å². The van der Waals surface area contributed by atoms with Crippen LogP contribution in [0, 0.1) is 0 Å². The quantitative estimate of drug-likeness (QED) is 0.265. The molecule has 176 valence electrons. The lowest BCUT2D eigenvalue weighted by Crippen LogP contribution is -1.86. The summed E-state index contributed by atoms with van der Waals surface area (Å²) in [5, 5.41) is 0. The predicted octanol–water partition coefficient (Wildman–Crippen LogP) is 7.35. The highest BCUT2D eigenvalue weighted by atomic mass is 32.2. The second-order valence-electron chi connectivity index (χ2n) is 6.91. The molecule has 0 N–H and O–H groups in total. The van der Waals surface area contributed by atoms with Crippen LogP contribution in [0.2, 0.25) is 0 Å². The van der Waals surface area contributed by atoms with Crippen LogP contribution < -0.4 is 23.7 Å². The van der Waals surface area contributed by atoms with Crippen LogP contribution in [0.4, 0.5) is 0 Å². The molecule has 4 aromatic carbocycles. The van der Waals surface area contributed by atoms with Crippen LogP contribution >= 0.6 is 11.8 Å². The third kappa shape index (κ3) is 7.67. The Morgan fingerprint density at radius 3 is 0.853 bits per heavy atom. The van der Waals surface area contributed by atoms with Crippen molar-refractivity contribution in [3.63, 3.8) is 0 Å². The zero-order chi connectivity index (χ0) is 24.2. The lowest BCUT2D eigenvalue weighted by molar-refractivity contribution is 0.411. The van der Waals surface area contributed by atoms with E-state index < -0.39 is 0 Å². The minimum Gasteiger partial charge on any atom is -0.497 e. The Kier molecular flexibility index (Phi) is 9.55. The Hall–Kier alpha value is -3.77. The van der Waals surface area contributed by atoms with E-state index >= 15 is 0 Å². The first-order valence-electron chi connectivity index (χ1n) is 10.6. The fourth-order valence-corrected chi connectivity index (χ4v) is 3.66. The maximum absolute atomic E-state index is 5.67. The molecule has 0 heterocycles. The zero-order valence-electron chi connectivity index (χ0n) is 19.7. The number of hydrogen-bond acceptors (Lipinski definition) is 6. The molecule has 0 bridgehead atoms. The SMILES string of the molecule is COc1ccc(Oc2ccc(OC)cc2)cc1.COc1ccc(Sc2ccc(OC)cc2)cc1. The largest absolute Gasteiger partial charge is 0.497 e. The molecule has 6 heteroatoms. The second-order valence-corrected chi connectivity index (χ2v) is 8.05. The summed E-state index contributed by atoms with van der Waals surface area (Å²) in [5.74, 6) is 4.93. The molecule has 0 unspecified atom stereocenters. The number of methoxy groups -OCH3 is 4. The first kappa shape index (κ1) is 24.9. The van der Waals surface area contributed by atoms with Gasteiger partial charge in [0.25, 0.3) is 0 Å². The van der Waals surface area contributed by atoms with Crippen molar-refractivity contribution < 1.29 is 23.7 Å². The molecule has 0 aliphatic carbocycles. The van der Waals surface area contributed by atoms with Gasteiger partial charge in [0.2, 0.25) is 0 Å². The number of hydrogen-bond donors (Lipinski definition) is 0. The molecule has 0 spiro atoms. The van der Waals surface area contributed by atoms with Gasteiger partial charge >= 0.3 is 0 Å². The third-order valence-electron chi connectivity index (χ3n) is 4.71. The van der Waals surface area contributed by atoms with Crippen LogP contribution in [0.15, 0.2) is 107 Å². The molecule has 34 heavy (non-hydrogen) atoms. The van der Waals surface area contributed by atoms with E-state index in [1.807, 2.05) is 97.1 Å². The van der Waals surface area contributed by atoms with Crippen LogP contribution in [0.3, 0.4) is 0 Å². The van der Waals surface area contributed by atoms with Gasteiger partial charge in [-0.2, -0.15) is 0 Å². The molecule has 0 saturated heterocycles. The molecule has 0 aliphatic heterocycles. The standard InChI is InChI=1S/C14H14O3.C14H14O2S/c2*1-15-11-3-7-13(8-4-11)17-14-9-5-12(16-2)6-10-14/h2*3-10H,1-2H3. The van der Waals surface area contributed by atoms with Crippen molar-refractivity contribution in [3.05, 3.63) is 97.1 Å². The smallest absolute Gasteiger partial charge is 0.127 e. The van der Waals surface area contributed by atoms with Crippen molar-refractivity contribution in [1.29, 1.82) is 0 Å². The fourth-order valence-electron chi connectivity index (χ4n) is 2.85. The summed E-state index contributed by atoms with van der Waals surface area (Å²) in [5.41, 5.74) is 0. The first-order chi connectivity index (χ1) is 16.6. The number of benzene rings is 4. The predicted molar refractivity (Wildman–Crippen MR) is 136 cm³/mol. The van der Waals surface area contributed by atoms with Gasteiger partial charge in [-0.3, -0.25) is 0 Å². The Bertz CT molecular complexity index is 926. The highest BCUT2D eigenvalue weighted by Crippen LogP contribution is 2.30. The summed E-state index contributed by atoms with van der Waals surface area (Å²) < 4.78 is 26.1. The minimum atomic E-state index is 0.774. The monoisotopic (exact) mass is 476 g/mol. The molecular formula is C28H28O5S. The molecule has 0 aliphatic rings. The van der Waals surface area contributed by atoms with Gasteiger partial charge in [0.15, 0.2) is 0 Å². The Labute approximate surface area is 205 Å². The summed E-state index contributed by atoms with van der Waals surface area (Å²) in [6.07, 6.45) is 0. The van der Waals surface area contributed by atoms with Crippen molar-refractivity contribution >= 4 is 11.8 Å². The highest BCUT2D eigenvalue weighted by molar-refractivity contribution is 7.99. The van der Waals surface area contributed by atoms with Crippen molar-refractivity contribution in [1.82, 2.24) is 0 Å². The summed E-state index contributed by atoms with van der Waals surface area (Å²) in [6.45, 7) is 0. The van der Waals surface area contributed by atoms with E-state index in [9.17, 15) is 0 Å². The molecule has 4 aromatic rings. The van der Waals surface area contributed by atoms with Gasteiger partial charge in [-0.15, -0.1) is 0 Å². The summed E-state index contributed by atoms with van der Waals surface area (Å²) in [6, 6.07) is 31.0. The fraction of sp³-hybridized carbons (Fsp3) is 0.143. The van der Waals surface area contributed by atoms with E-state index in [1.54, 1.807) is 40.2 Å². The van der Waals surface area contributed by atoms with E-state index in [2.05, 4.69) is 0 Å². The van der Waals surface area contributed by atoms with Crippen LogP contribution in [-0.2, 0) is 0 Å². The normalized spacial score (nSPS) is 9.88. The Morgan fingerprint density at radius 2 is 0.588 bits per heavy atom. The van der Waals surface area contributed by atoms with E-state index in [0.717, 1.165) is 34.5 Å². The minimum absolute atomic E-state index is 0.774. The van der Waals surface area contributed by atoms with Gasteiger partial charge < -0.3 is 23.7 Å². The summed E-state index contributed by atoms with van der Waals surface area (Å²) in [7, 11) is 6.62. The molecule has 0 fully saturated rings. The van der Waals surface area contributed by atoms with Gasteiger partial charge in [-0.1, -0.05) is 11.8 Å². The van der Waals surface area contributed by atoms with Gasteiger partial charge in [-0.05, 0) is 97.1 Å². The lowest BCUT2D eigenvalue weighted by Gasteiger charge is -2.07. The van der Waals surface area contributed by atoms with Crippen molar-refractivity contribution in [2.45, 2.75) is 9.79 Å². The van der Waals surface area contributed by atoms with Crippen LogP contribution in [0.5, 0.6) is 34.5 Å². The van der Waals surface area contributed by atoms with E-state index in [0.29, 0.717) is 0 Å². The van der Waals surface area contributed by atoms with Crippen molar-refractivity contribution in [2.75, 3.05) is 28.4 Å². The lowest BCUT2D eigenvalue weighted by atomic mass is 10.3. The zero-order valence-corrected chi connectivity index (χ0v) is 20.5. The topological polar surface area (TPSA) is 46.2 Å². The van der Waals surface area contributed by atoms with Gasteiger partial charge in [0.1, 0.15) is 34.5 Å². The number of rotatable bonds is 8. The van der Waals surface area contributed by atoms with Crippen molar-refractivity contribution in [2.24, 2.45) is 0 Å². The van der Waals surface area contributed by atoms with Crippen LogP contribution in [0.25, 0.3) is 0 Å². The van der Waals surface area contributed by atoms with E-state index in [4.69, 9.17) is 23.7 Å². The first-order valence-corrected chi connectivity index (χ1v) is 11.4. The van der Waals surface area contributed by atoms with Gasteiger partial charge in [0.05, 0.1) is 28.4 Å². The molecule has 0 radical (unpaired) electrons. The molecule has 0 amide bonds. The maximum atomic E-state index is 5.67. The molecule has 0 aromatic heterocycles. The molecule has 4 rings (SSSR count). The van der Waals surface area contributed by atoms with E-state index in [-0.39, 0.29) is 0 Å². The third-order valence-corrected chi connectivity index (χ3v) is 5.72. The molecular weight excluding hydrogens is 448 g/mol. The highest BCUT2D eigenvalue weighted by Gasteiger charge is 2.00. The average molecular weight is 477 g/mol. The van der Waals surface area contributed by atoms with E-state index in [1.165, 1.54) is 9.79 Å². The Morgan fingerprint density at radius 1 is 0.353 bits per heavy atom. The second kappa shape index (κ2) is 13.1. The van der Waals surface area contributed by atoms with Gasteiger partial charge in [0, 0.05) is 9.79 Å². The maximum Gasteiger partial charge on any atom is 0.127 e. The summed E-state index contributed by atoms with van der Waals surface area (Å²) in [4.78, 5) is 2.38. The number of ether oxygens (including phenoxy) is 5. The summed E-state index contributed by atoms with van der Waals surface area (Å²) >= 11 is 1.71. The van der Waals surface area contributed by atoms with Crippen LogP contribution in [0.1, 0.15) is 0 Å². The molecule has 0 atom stereocenters. The average Bonchev–Trinajstić information content (AvgIpc) is 2.91. The van der Waals surface area contributed by atoms with Crippen molar-refractivity contribution in [3.8, 4) is 34.5 Å². The molecule has 0 saturated carbocycles. The Balaban J connectivity index is 0.000000191. The molecule has 5 nitrogen and oxygen atoms in total.